The zero-order chi connectivity index (χ0) is 19.8. The number of carbonyl (C=O) groups excluding carboxylic acids is 1. The Morgan fingerprint density at radius 3 is 2.55 bits per heavy atom. The number of benzene rings is 1. The topological polar surface area (TPSA) is 62.5 Å². The summed E-state index contributed by atoms with van der Waals surface area (Å²) in [6.45, 7) is 4.88. The van der Waals surface area contributed by atoms with E-state index in [4.69, 9.17) is 4.42 Å². The zero-order valence-electron chi connectivity index (χ0n) is 16.0. The molecule has 4 aromatic rings. The van der Waals surface area contributed by atoms with Gasteiger partial charge >= 0.3 is 0 Å². The molecular formula is C22H20N4O2S. The molecular weight excluding hydrogens is 384 g/mol. The van der Waals surface area contributed by atoms with Crippen molar-refractivity contribution in [2.75, 3.05) is 31.1 Å². The number of carbonyl (C=O) groups is 1. The molecule has 3 aromatic heterocycles. The highest BCUT2D eigenvalue weighted by molar-refractivity contribution is 7.22. The van der Waals surface area contributed by atoms with Crippen molar-refractivity contribution in [3.8, 4) is 10.4 Å². The molecule has 1 amide bonds. The highest BCUT2D eigenvalue weighted by Gasteiger charge is 2.26. The lowest BCUT2D eigenvalue weighted by Gasteiger charge is -2.35. The first-order valence-electron chi connectivity index (χ1n) is 9.59. The average Bonchev–Trinajstić information content (AvgIpc) is 3.43. The van der Waals surface area contributed by atoms with Crippen LogP contribution >= 0.6 is 11.3 Å². The van der Waals surface area contributed by atoms with Crippen molar-refractivity contribution in [3.05, 3.63) is 66.4 Å². The molecule has 0 bridgehead atoms. The number of hydrogen-bond acceptors (Lipinski definition) is 6. The van der Waals surface area contributed by atoms with Crippen LogP contribution in [-0.4, -0.2) is 47.0 Å². The Bertz CT molecular complexity index is 1150. The first-order chi connectivity index (χ1) is 14.2. The quantitative estimate of drug-likeness (QED) is 0.512. The minimum atomic E-state index is -0.0550. The van der Waals surface area contributed by atoms with Gasteiger partial charge in [0.25, 0.3) is 5.91 Å². The average molecular weight is 404 g/mol. The minimum absolute atomic E-state index is 0.0550. The largest absolute Gasteiger partial charge is 0.459 e. The molecule has 0 spiro atoms. The first kappa shape index (κ1) is 17.9. The molecule has 0 atom stereocenters. The van der Waals surface area contributed by atoms with Crippen molar-refractivity contribution in [2.24, 2.45) is 0 Å². The van der Waals surface area contributed by atoms with Crippen LogP contribution in [0.25, 0.3) is 20.7 Å². The molecule has 0 unspecified atom stereocenters. The molecule has 0 radical (unpaired) electrons. The van der Waals surface area contributed by atoms with E-state index >= 15 is 0 Å². The van der Waals surface area contributed by atoms with Gasteiger partial charge in [-0.15, -0.1) is 11.3 Å². The van der Waals surface area contributed by atoms with Crippen molar-refractivity contribution >= 4 is 33.3 Å². The lowest BCUT2D eigenvalue weighted by Crippen LogP contribution is -2.49. The van der Waals surface area contributed by atoms with Crippen LogP contribution in [0.3, 0.4) is 0 Å². The molecule has 5 rings (SSSR count). The van der Waals surface area contributed by atoms with Crippen molar-refractivity contribution < 1.29 is 9.21 Å². The second-order valence-corrected chi connectivity index (χ2v) is 8.06. The van der Waals surface area contributed by atoms with E-state index in [2.05, 4.69) is 46.1 Å². The summed E-state index contributed by atoms with van der Waals surface area (Å²) in [5, 5.41) is 1.11. The Morgan fingerprint density at radius 1 is 1.03 bits per heavy atom. The lowest BCUT2D eigenvalue weighted by atomic mass is 10.1. The number of amides is 1. The van der Waals surface area contributed by atoms with E-state index in [9.17, 15) is 4.79 Å². The highest BCUT2D eigenvalue weighted by atomic mass is 32.1. The molecule has 146 valence electrons. The third-order valence-electron chi connectivity index (χ3n) is 5.34. The summed E-state index contributed by atoms with van der Waals surface area (Å²) >= 11 is 1.70. The monoisotopic (exact) mass is 404 g/mol. The van der Waals surface area contributed by atoms with E-state index in [-0.39, 0.29) is 5.91 Å². The summed E-state index contributed by atoms with van der Waals surface area (Å²) in [6.07, 6.45) is 3.17. The number of rotatable bonds is 3. The summed E-state index contributed by atoms with van der Waals surface area (Å²) in [5.41, 5.74) is 2.41. The van der Waals surface area contributed by atoms with Gasteiger partial charge in [0.2, 0.25) is 0 Å². The second kappa shape index (κ2) is 7.33. The van der Waals surface area contributed by atoms with Gasteiger partial charge in [0, 0.05) is 31.1 Å². The van der Waals surface area contributed by atoms with E-state index in [0.717, 1.165) is 29.1 Å². The number of hydrogen-bond donors (Lipinski definition) is 0. The van der Waals surface area contributed by atoms with Gasteiger partial charge in [-0.2, -0.15) is 0 Å². The second-order valence-electron chi connectivity index (χ2n) is 7.06. The number of nitrogens with zero attached hydrogens (tertiary/aromatic N) is 4. The van der Waals surface area contributed by atoms with E-state index in [1.54, 1.807) is 29.8 Å². The Morgan fingerprint density at radius 2 is 1.83 bits per heavy atom. The Hall–Kier alpha value is -3.19. The van der Waals surface area contributed by atoms with E-state index in [0.29, 0.717) is 18.8 Å². The zero-order valence-corrected chi connectivity index (χ0v) is 16.9. The Kier molecular flexibility index (Phi) is 4.52. The number of furan rings is 1. The molecule has 0 saturated carbocycles. The fourth-order valence-electron chi connectivity index (χ4n) is 3.84. The van der Waals surface area contributed by atoms with Crippen molar-refractivity contribution in [3.63, 3.8) is 0 Å². The van der Waals surface area contributed by atoms with Gasteiger partial charge < -0.3 is 14.2 Å². The van der Waals surface area contributed by atoms with Crippen LogP contribution in [0.2, 0.25) is 0 Å². The maximum atomic E-state index is 12.5. The van der Waals surface area contributed by atoms with Crippen LogP contribution in [-0.2, 0) is 0 Å². The van der Waals surface area contributed by atoms with Gasteiger partial charge in [-0.25, -0.2) is 9.97 Å². The third-order valence-corrected chi connectivity index (χ3v) is 6.59. The molecule has 0 aliphatic carbocycles. The Labute approximate surface area is 172 Å². The summed E-state index contributed by atoms with van der Waals surface area (Å²) in [6, 6.07) is 13.9. The third kappa shape index (κ3) is 3.17. The predicted octanol–water partition coefficient (Wildman–Crippen LogP) is 4.22. The lowest BCUT2D eigenvalue weighted by molar-refractivity contribution is 0.0714. The summed E-state index contributed by atoms with van der Waals surface area (Å²) in [4.78, 5) is 28.0. The van der Waals surface area contributed by atoms with E-state index < -0.39 is 0 Å². The number of piperazine rings is 1. The number of thiophene rings is 1. The van der Waals surface area contributed by atoms with E-state index in [1.807, 2.05) is 11.0 Å². The van der Waals surface area contributed by atoms with Crippen LogP contribution in [0.4, 0.5) is 5.82 Å². The molecule has 1 aromatic carbocycles. The fraction of sp³-hybridized carbons (Fsp3) is 0.227. The summed E-state index contributed by atoms with van der Waals surface area (Å²) in [5.74, 6) is 1.29. The van der Waals surface area contributed by atoms with Gasteiger partial charge in [0.15, 0.2) is 5.76 Å². The molecule has 1 aliphatic heterocycles. The number of anilines is 1. The minimum Gasteiger partial charge on any atom is -0.459 e. The van der Waals surface area contributed by atoms with Crippen LogP contribution < -0.4 is 4.90 Å². The normalized spacial score (nSPS) is 14.5. The SMILES string of the molecule is Cc1c(-c2ccccc2)sc2ncnc(N3CCN(C(=O)c4ccco4)CC3)c12. The maximum absolute atomic E-state index is 12.5. The molecule has 29 heavy (non-hydrogen) atoms. The molecule has 1 aliphatic rings. The van der Waals surface area contributed by atoms with Crippen LogP contribution in [0.1, 0.15) is 16.1 Å². The smallest absolute Gasteiger partial charge is 0.289 e. The van der Waals surface area contributed by atoms with Crippen molar-refractivity contribution in [2.45, 2.75) is 6.92 Å². The van der Waals surface area contributed by atoms with Crippen LogP contribution in [0, 0.1) is 6.92 Å². The van der Waals surface area contributed by atoms with Gasteiger partial charge in [0.1, 0.15) is 17.0 Å². The first-order valence-corrected chi connectivity index (χ1v) is 10.4. The van der Waals surface area contributed by atoms with Crippen LogP contribution in [0.5, 0.6) is 0 Å². The highest BCUT2D eigenvalue weighted by Crippen LogP contribution is 2.40. The van der Waals surface area contributed by atoms with Gasteiger partial charge in [-0.3, -0.25) is 4.79 Å². The van der Waals surface area contributed by atoms with Crippen molar-refractivity contribution in [1.29, 1.82) is 0 Å². The predicted molar refractivity (Wildman–Crippen MR) is 114 cm³/mol. The summed E-state index contributed by atoms with van der Waals surface area (Å²) in [7, 11) is 0. The molecule has 6 nitrogen and oxygen atoms in total. The van der Waals surface area contributed by atoms with Gasteiger partial charge in [-0.05, 0) is 30.2 Å². The summed E-state index contributed by atoms with van der Waals surface area (Å²) < 4.78 is 5.25. The van der Waals surface area contributed by atoms with Crippen LogP contribution in [0.15, 0.2) is 59.5 Å². The maximum Gasteiger partial charge on any atom is 0.289 e. The number of aromatic nitrogens is 2. The molecule has 1 fully saturated rings. The molecule has 4 heterocycles. The van der Waals surface area contributed by atoms with E-state index in [1.165, 1.54) is 22.3 Å². The molecule has 0 N–H and O–H groups in total. The molecule has 7 heteroatoms. The fourth-order valence-corrected chi connectivity index (χ4v) is 4.98. The van der Waals surface area contributed by atoms with Gasteiger partial charge in [-0.1, -0.05) is 30.3 Å². The number of fused-ring (bicyclic) bond motifs is 1. The molecule has 1 saturated heterocycles. The Balaban J connectivity index is 1.43. The number of aryl methyl sites for hydroxylation is 1. The van der Waals surface area contributed by atoms with Crippen molar-refractivity contribution in [1.82, 2.24) is 14.9 Å². The van der Waals surface area contributed by atoms with Gasteiger partial charge in [0.05, 0.1) is 11.6 Å². The standard InChI is InChI=1S/C22H20N4O2S/c1-15-18-20(23-14-24-21(18)29-19(15)16-6-3-2-4-7-16)25-9-11-26(12-10-25)22(27)17-8-5-13-28-17/h2-8,13-14H,9-12H2,1H3.